The molecule has 7 atom stereocenters. The maximum absolute atomic E-state index is 12.8. The number of carbonyl (C=O) groups is 3. The van der Waals surface area contributed by atoms with Crippen LogP contribution in [0.4, 0.5) is 0 Å². The van der Waals surface area contributed by atoms with Crippen molar-refractivity contribution in [3.8, 4) is 0 Å². The van der Waals surface area contributed by atoms with Gasteiger partial charge >= 0.3 is 11.9 Å². The van der Waals surface area contributed by atoms with Crippen LogP contribution in [0.2, 0.25) is 0 Å². The first-order chi connectivity index (χ1) is 14.6. The lowest BCUT2D eigenvalue weighted by molar-refractivity contribution is -0.171. The Morgan fingerprint density at radius 1 is 1.45 bits per heavy atom. The fourth-order valence-corrected chi connectivity index (χ4v) is 6.77. The molecular weight excluding hydrogens is 442 g/mol. The van der Waals surface area contributed by atoms with E-state index in [9.17, 15) is 24.6 Å². The second-order valence-electron chi connectivity index (χ2n) is 8.40. The summed E-state index contributed by atoms with van der Waals surface area (Å²) in [6.07, 6.45) is -0.0132. The second kappa shape index (κ2) is 9.43. The highest BCUT2D eigenvalue weighted by Gasteiger charge is 2.61. The normalized spacial score (nSPS) is 31.9. The highest BCUT2D eigenvalue weighted by Crippen LogP contribution is 2.52. The van der Waals surface area contributed by atoms with E-state index in [-0.39, 0.29) is 41.4 Å². The minimum absolute atomic E-state index is 0.0260. The first-order valence-corrected chi connectivity index (χ1v) is 11.7. The van der Waals surface area contributed by atoms with Gasteiger partial charge in [-0.2, -0.15) is 0 Å². The van der Waals surface area contributed by atoms with Gasteiger partial charge in [0, 0.05) is 42.1 Å². The maximum atomic E-state index is 12.8. The molecule has 0 aromatic heterocycles. The molecule has 4 N–H and O–H groups in total. The van der Waals surface area contributed by atoms with E-state index in [1.165, 1.54) is 23.6 Å². The molecule has 9 nitrogen and oxygen atoms in total. The first-order valence-electron chi connectivity index (χ1n) is 10.3. The van der Waals surface area contributed by atoms with Crippen molar-refractivity contribution in [1.82, 2.24) is 9.80 Å². The summed E-state index contributed by atoms with van der Waals surface area (Å²) < 4.78 is 5.22. The SMILES string of the molecule is CC(=O)O[C@H](C)[C@H]1C(=O)N2C(C(=O)O)=C(S[C@H]3CC(C[C@H](O)CN)N(C=S)C3)[C@H](C)[C@H]12. The zero-order valence-corrected chi connectivity index (χ0v) is 19.4. The number of rotatable bonds is 9. The minimum atomic E-state index is -1.14. The van der Waals surface area contributed by atoms with Gasteiger partial charge < -0.3 is 30.5 Å². The molecule has 0 spiro atoms. The third-order valence-corrected chi connectivity index (χ3v) is 8.08. The van der Waals surface area contributed by atoms with Crippen LogP contribution in [0.15, 0.2) is 10.6 Å². The van der Waals surface area contributed by atoms with E-state index in [2.05, 4.69) is 0 Å². The number of aliphatic carboxylic acids is 1. The molecule has 2 saturated heterocycles. The molecule has 31 heavy (non-hydrogen) atoms. The Labute approximate surface area is 190 Å². The fraction of sp³-hybridized carbons (Fsp3) is 0.700. The summed E-state index contributed by atoms with van der Waals surface area (Å²) in [4.78, 5) is 40.2. The molecule has 3 rings (SSSR count). The van der Waals surface area contributed by atoms with Crippen LogP contribution >= 0.6 is 24.0 Å². The van der Waals surface area contributed by atoms with Gasteiger partial charge in [0.05, 0.1) is 23.6 Å². The van der Waals surface area contributed by atoms with Crippen molar-refractivity contribution >= 4 is 47.3 Å². The van der Waals surface area contributed by atoms with E-state index in [0.29, 0.717) is 17.9 Å². The number of thiocarbonyl (C=S) groups is 1. The largest absolute Gasteiger partial charge is 0.477 e. The standard InChI is InChI=1S/C20H29N3O6S2/c1-9-16-15(10(2)29-11(3)24)19(26)23(16)17(20(27)28)18(9)31-14-5-12(4-13(25)6-21)22(7-14)8-30/h8-10,12-16,25H,4-7,21H2,1-3H3,(H,27,28)/t9-,10-,12?,13+,14+,15-,16-/m1/s1. The summed E-state index contributed by atoms with van der Waals surface area (Å²) in [7, 11) is 0. The average molecular weight is 472 g/mol. The van der Waals surface area contributed by atoms with E-state index in [1.807, 2.05) is 11.8 Å². The number of carboxylic acids is 1. The number of ether oxygens (including phenoxy) is 1. The molecule has 0 bridgehead atoms. The molecule has 3 aliphatic heterocycles. The highest BCUT2D eigenvalue weighted by atomic mass is 32.2. The van der Waals surface area contributed by atoms with Gasteiger partial charge in [-0.3, -0.25) is 9.59 Å². The smallest absolute Gasteiger partial charge is 0.353 e. The molecule has 11 heteroatoms. The molecule has 0 saturated carbocycles. The van der Waals surface area contributed by atoms with Crippen molar-refractivity contribution in [3.05, 3.63) is 10.6 Å². The predicted molar refractivity (Wildman–Crippen MR) is 119 cm³/mol. The third-order valence-electron chi connectivity index (χ3n) is 6.31. The fourth-order valence-electron chi connectivity index (χ4n) is 4.93. The van der Waals surface area contributed by atoms with Crippen LogP contribution in [0.25, 0.3) is 0 Å². The molecule has 1 unspecified atom stereocenters. The summed E-state index contributed by atoms with van der Waals surface area (Å²) in [5.41, 5.74) is 7.14. The number of fused-ring (bicyclic) bond motifs is 1. The molecule has 0 aromatic rings. The molecule has 3 aliphatic rings. The monoisotopic (exact) mass is 471 g/mol. The van der Waals surface area contributed by atoms with Crippen molar-refractivity contribution in [3.63, 3.8) is 0 Å². The lowest BCUT2D eigenvalue weighted by Gasteiger charge is -2.47. The van der Waals surface area contributed by atoms with E-state index < -0.39 is 30.1 Å². The lowest BCUT2D eigenvalue weighted by atomic mass is 9.79. The molecule has 1 amide bonds. The van der Waals surface area contributed by atoms with Crippen molar-refractivity contribution in [1.29, 1.82) is 0 Å². The Hall–Kier alpha value is -1.69. The molecular formula is C20H29N3O6S2. The summed E-state index contributed by atoms with van der Waals surface area (Å²) in [5.74, 6) is -2.67. The number of amides is 1. The molecule has 0 aromatic carbocycles. The Bertz CT molecular complexity index is 806. The maximum Gasteiger partial charge on any atom is 0.353 e. The van der Waals surface area contributed by atoms with Crippen molar-refractivity contribution < 1.29 is 29.3 Å². The molecule has 3 heterocycles. The quantitative estimate of drug-likeness (QED) is 0.249. The van der Waals surface area contributed by atoms with Crippen LogP contribution < -0.4 is 5.73 Å². The molecule has 2 fully saturated rings. The van der Waals surface area contributed by atoms with Gasteiger partial charge in [-0.1, -0.05) is 19.1 Å². The lowest BCUT2D eigenvalue weighted by Crippen LogP contribution is -2.64. The predicted octanol–water partition coefficient (Wildman–Crippen LogP) is 0.554. The zero-order valence-electron chi connectivity index (χ0n) is 17.8. The number of thioether (sulfide) groups is 1. The number of aliphatic hydroxyl groups is 1. The van der Waals surface area contributed by atoms with Gasteiger partial charge in [0.15, 0.2) is 0 Å². The van der Waals surface area contributed by atoms with E-state index in [1.54, 1.807) is 12.4 Å². The van der Waals surface area contributed by atoms with Crippen LogP contribution in [0, 0.1) is 11.8 Å². The minimum Gasteiger partial charge on any atom is -0.477 e. The van der Waals surface area contributed by atoms with Gasteiger partial charge in [0.2, 0.25) is 5.91 Å². The number of aliphatic hydroxyl groups excluding tert-OH is 1. The van der Waals surface area contributed by atoms with Crippen LogP contribution in [-0.2, 0) is 19.1 Å². The van der Waals surface area contributed by atoms with Crippen LogP contribution in [0.5, 0.6) is 0 Å². The van der Waals surface area contributed by atoms with E-state index >= 15 is 0 Å². The number of carbonyl (C=O) groups excluding carboxylic acids is 2. The number of hydrogen-bond acceptors (Lipinski definition) is 8. The molecule has 172 valence electrons. The van der Waals surface area contributed by atoms with Gasteiger partial charge in [-0.25, -0.2) is 4.79 Å². The van der Waals surface area contributed by atoms with Gasteiger partial charge in [0.25, 0.3) is 0 Å². The van der Waals surface area contributed by atoms with Crippen LogP contribution in [0.3, 0.4) is 0 Å². The number of nitrogens with two attached hydrogens (primary N) is 1. The summed E-state index contributed by atoms with van der Waals surface area (Å²) >= 11 is 6.59. The number of esters is 1. The number of hydrogen-bond donors (Lipinski definition) is 3. The Morgan fingerprint density at radius 2 is 2.13 bits per heavy atom. The average Bonchev–Trinajstić information content (AvgIpc) is 3.18. The van der Waals surface area contributed by atoms with E-state index in [0.717, 1.165) is 6.42 Å². The van der Waals surface area contributed by atoms with Crippen molar-refractivity contribution in [2.24, 2.45) is 17.6 Å². The molecule has 0 aliphatic carbocycles. The highest BCUT2D eigenvalue weighted by molar-refractivity contribution is 8.03. The number of β-lactam (4-membered cyclic amide) rings is 1. The summed E-state index contributed by atoms with van der Waals surface area (Å²) in [6, 6.07) is -0.303. The summed E-state index contributed by atoms with van der Waals surface area (Å²) in [5, 5.41) is 19.9. The Morgan fingerprint density at radius 3 is 2.68 bits per heavy atom. The topological polar surface area (TPSA) is 133 Å². The Kier molecular flexibility index (Phi) is 7.29. The number of nitrogens with zero attached hydrogens (tertiary/aromatic N) is 2. The summed E-state index contributed by atoms with van der Waals surface area (Å²) in [6.45, 7) is 5.67. The van der Waals surface area contributed by atoms with Gasteiger partial charge in [-0.15, -0.1) is 11.8 Å². The van der Waals surface area contributed by atoms with Crippen molar-refractivity contribution in [2.75, 3.05) is 13.1 Å². The zero-order chi connectivity index (χ0) is 23.0. The van der Waals surface area contributed by atoms with Crippen LogP contribution in [-0.4, -0.2) is 86.0 Å². The first kappa shape index (κ1) is 24.0. The third kappa shape index (κ3) is 4.46. The number of likely N-dealkylation sites (tertiary alicyclic amines) is 1. The second-order valence-corrected chi connectivity index (χ2v) is 9.96. The van der Waals surface area contributed by atoms with E-state index in [4.69, 9.17) is 22.7 Å². The Balaban J connectivity index is 1.78. The van der Waals surface area contributed by atoms with Crippen molar-refractivity contribution in [2.45, 2.75) is 63.2 Å². The van der Waals surface area contributed by atoms with Gasteiger partial charge in [-0.05, 0) is 19.8 Å². The number of carboxylic acid groups (broad SMARTS) is 1. The molecule has 0 radical (unpaired) electrons. The van der Waals surface area contributed by atoms with Gasteiger partial charge in [0.1, 0.15) is 11.8 Å². The van der Waals surface area contributed by atoms with Crippen LogP contribution in [0.1, 0.15) is 33.6 Å².